The maximum atomic E-state index is 12.2. The van der Waals surface area contributed by atoms with Gasteiger partial charge < -0.3 is 9.84 Å². The summed E-state index contributed by atoms with van der Waals surface area (Å²) < 4.78 is 4.89. The number of nitriles is 1. The van der Waals surface area contributed by atoms with E-state index in [-0.39, 0.29) is 17.0 Å². The van der Waals surface area contributed by atoms with E-state index in [1.807, 2.05) is 0 Å². The second-order valence-electron chi connectivity index (χ2n) is 5.23. The van der Waals surface area contributed by atoms with Gasteiger partial charge in [-0.05, 0) is 30.4 Å². The van der Waals surface area contributed by atoms with Gasteiger partial charge in [0.2, 0.25) is 0 Å². The van der Waals surface area contributed by atoms with Crippen molar-refractivity contribution in [1.82, 2.24) is 0 Å². The first kappa shape index (κ1) is 16.0. The molecule has 0 unspecified atom stereocenters. The molecule has 8 heteroatoms. The standard InChI is InChI=1S/C16H13N3O4S/c1-23-13-6-10(19(21)22)5-9(15(13)20)8-18-16-12(7-17)11-3-2-4-14(11)24-16/h5-6,8,20H,2-4H2,1H3/p-1. The molecule has 1 heterocycles. The van der Waals surface area contributed by atoms with Crippen LogP contribution in [0.4, 0.5) is 10.7 Å². The number of fused-ring (bicyclic) bond motifs is 1. The van der Waals surface area contributed by atoms with Gasteiger partial charge in [0, 0.05) is 17.2 Å². The molecule has 1 aromatic heterocycles. The molecule has 0 fully saturated rings. The van der Waals surface area contributed by atoms with Gasteiger partial charge in [-0.2, -0.15) is 5.26 Å². The van der Waals surface area contributed by atoms with Crippen molar-refractivity contribution in [1.29, 1.82) is 5.26 Å². The number of methoxy groups -OCH3 is 1. The zero-order chi connectivity index (χ0) is 17.3. The fourth-order valence-electron chi connectivity index (χ4n) is 2.69. The molecule has 2 aromatic rings. The molecule has 0 spiro atoms. The summed E-state index contributed by atoms with van der Waals surface area (Å²) in [6.07, 6.45) is 4.09. The molecule has 0 saturated carbocycles. The first-order valence-electron chi connectivity index (χ1n) is 7.17. The van der Waals surface area contributed by atoms with E-state index in [1.54, 1.807) is 0 Å². The van der Waals surface area contributed by atoms with Crippen LogP contribution >= 0.6 is 11.3 Å². The van der Waals surface area contributed by atoms with Gasteiger partial charge in [-0.1, -0.05) is 5.75 Å². The van der Waals surface area contributed by atoms with Crippen molar-refractivity contribution in [2.24, 2.45) is 4.99 Å². The third kappa shape index (κ3) is 2.70. The largest absolute Gasteiger partial charge is 0.870 e. The van der Waals surface area contributed by atoms with Gasteiger partial charge in [-0.25, -0.2) is 4.99 Å². The predicted molar refractivity (Wildman–Crippen MR) is 87.4 cm³/mol. The zero-order valence-corrected chi connectivity index (χ0v) is 13.6. The molecule has 0 atom stereocenters. The lowest BCUT2D eigenvalue weighted by Gasteiger charge is -2.14. The Morgan fingerprint density at radius 1 is 1.46 bits per heavy atom. The Bertz CT molecular complexity index is 896. The number of hydrogen-bond acceptors (Lipinski definition) is 7. The average Bonchev–Trinajstić information content (AvgIpc) is 3.13. The molecule has 1 aliphatic rings. The van der Waals surface area contributed by atoms with Crippen LogP contribution < -0.4 is 9.84 Å². The van der Waals surface area contributed by atoms with Crippen LogP contribution in [-0.2, 0) is 12.8 Å². The second-order valence-corrected chi connectivity index (χ2v) is 6.31. The normalized spacial score (nSPS) is 13.0. The van der Waals surface area contributed by atoms with Crippen molar-refractivity contribution in [3.63, 3.8) is 0 Å². The number of rotatable bonds is 4. The molecule has 0 amide bonds. The fourth-order valence-corrected chi connectivity index (χ4v) is 3.87. The lowest BCUT2D eigenvalue weighted by Crippen LogP contribution is -2.02. The summed E-state index contributed by atoms with van der Waals surface area (Å²) in [6, 6.07) is 4.40. The summed E-state index contributed by atoms with van der Waals surface area (Å²) in [6.45, 7) is 0. The fraction of sp³-hybridized carbons (Fsp3) is 0.250. The summed E-state index contributed by atoms with van der Waals surface area (Å²) in [7, 11) is 1.28. The van der Waals surface area contributed by atoms with Crippen LogP contribution in [-0.4, -0.2) is 18.2 Å². The molecule has 3 rings (SSSR count). The highest BCUT2D eigenvalue weighted by atomic mass is 32.1. The smallest absolute Gasteiger partial charge is 0.273 e. The molecule has 1 aliphatic carbocycles. The number of nitrogens with zero attached hydrogens (tertiary/aromatic N) is 3. The number of aliphatic imine (C=N–C) groups is 1. The summed E-state index contributed by atoms with van der Waals surface area (Å²) in [5.74, 6) is -0.589. The Morgan fingerprint density at radius 2 is 2.25 bits per heavy atom. The summed E-state index contributed by atoms with van der Waals surface area (Å²) in [5.41, 5.74) is 1.38. The number of non-ortho nitro benzene ring substituents is 1. The van der Waals surface area contributed by atoms with E-state index in [0.29, 0.717) is 10.6 Å². The van der Waals surface area contributed by atoms with Crippen molar-refractivity contribution in [3.8, 4) is 17.6 Å². The van der Waals surface area contributed by atoms with Gasteiger partial charge in [0.15, 0.2) is 0 Å². The molecule has 24 heavy (non-hydrogen) atoms. The highest BCUT2D eigenvalue weighted by molar-refractivity contribution is 7.16. The van der Waals surface area contributed by atoms with Crippen LogP contribution in [0.3, 0.4) is 0 Å². The van der Waals surface area contributed by atoms with Crippen molar-refractivity contribution < 1.29 is 14.8 Å². The maximum absolute atomic E-state index is 12.2. The third-order valence-electron chi connectivity index (χ3n) is 3.83. The SMILES string of the molecule is COc1cc([N+](=O)[O-])cc(C=Nc2sc3c(c2C#N)CCC3)c1[O-]. The van der Waals surface area contributed by atoms with Crippen LogP contribution in [0.5, 0.6) is 11.5 Å². The molecule has 0 N–H and O–H groups in total. The lowest BCUT2D eigenvalue weighted by molar-refractivity contribution is -0.385. The molecule has 0 bridgehead atoms. The van der Waals surface area contributed by atoms with Gasteiger partial charge in [0.05, 0.1) is 23.7 Å². The Labute approximate surface area is 141 Å². The number of hydrogen-bond donors (Lipinski definition) is 0. The van der Waals surface area contributed by atoms with Crippen LogP contribution in [0.25, 0.3) is 0 Å². The van der Waals surface area contributed by atoms with E-state index < -0.39 is 10.7 Å². The van der Waals surface area contributed by atoms with E-state index in [0.717, 1.165) is 41.8 Å². The number of nitro benzene ring substituents is 1. The summed E-state index contributed by atoms with van der Waals surface area (Å²) in [5, 5.41) is 33.0. The van der Waals surface area contributed by atoms with Crippen LogP contribution in [0.1, 0.15) is 28.0 Å². The first-order chi connectivity index (χ1) is 11.5. The second kappa shape index (κ2) is 6.29. The van der Waals surface area contributed by atoms with Crippen molar-refractivity contribution in [2.45, 2.75) is 19.3 Å². The van der Waals surface area contributed by atoms with Crippen molar-refractivity contribution in [2.75, 3.05) is 7.11 Å². The molecule has 0 aliphatic heterocycles. The van der Waals surface area contributed by atoms with Gasteiger partial charge in [0.1, 0.15) is 16.8 Å². The van der Waals surface area contributed by atoms with Crippen LogP contribution in [0.15, 0.2) is 17.1 Å². The molecule has 1 aromatic carbocycles. The van der Waals surface area contributed by atoms with E-state index >= 15 is 0 Å². The van der Waals surface area contributed by atoms with E-state index in [9.17, 15) is 20.5 Å². The van der Waals surface area contributed by atoms with Gasteiger partial charge >= 0.3 is 0 Å². The van der Waals surface area contributed by atoms with Gasteiger partial charge in [-0.3, -0.25) is 10.1 Å². The quantitative estimate of drug-likeness (QED) is 0.482. The van der Waals surface area contributed by atoms with Gasteiger partial charge in [0.25, 0.3) is 5.69 Å². The minimum atomic E-state index is -0.598. The monoisotopic (exact) mass is 342 g/mol. The van der Waals surface area contributed by atoms with E-state index in [1.165, 1.54) is 24.7 Å². The molecule has 122 valence electrons. The Morgan fingerprint density at radius 3 is 2.92 bits per heavy atom. The maximum Gasteiger partial charge on any atom is 0.273 e. The highest BCUT2D eigenvalue weighted by Crippen LogP contribution is 2.40. The number of nitro groups is 1. The van der Waals surface area contributed by atoms with Crippen molar-refractivity contribution in [3.05, 3.63) is 43.8 Å². The van der Waals surface area contributed by atoms with Crippen LogP contribution in [0.2, 0.25) is 0 Å². The topological polar surface area (TPSA) is 112 Å². The van der Waals surface area contributed by atoms with E-state index in [4.69, 9.17) is 4.74 Å². The summed E-state index contributed by atoms with van der Waals surface area (Å²) in [4.78, 5) is 15.8. The number of ether oxygens (including phenoxy) is 1. The number of benzene rings is 1. The Kier molecular flexibility index (Phi) is 4.18. The van der Waals surface area contributed by atoms with Crippen molar-refractivity contribution >= 4 is 28.2 Å². The first-order valence-corrected chi connectivity index (χ1v) is 7.99. The minimum absolute atomic E-state index is 0.0542. The molecular weight excluding hydrogens is 330 g/mol. The molecule has 7 nitrogen and oxygen atoms in total. The number of thiophene rings is 1. The number of aryl methyl sites for hydroxylation is 1. The highest BCUT2D eigenvalue weighted by Gasteiger charge is 2.21. The lowest BCUT2D eigenvalue weighted by atomic mass is 10.1. The van der Waals surface area contributed by atoms with Crippen LogP contribution in [0, 0.1) is 21.4 Å². The Balaban J connectivity index is 2.03. The zero-order valence-electron chi connectivity index (χ0n) is 12.7. The van der Waals surface area contributed by atoms with E-state index in [2.05, 4.69) is 11.1 Å². The summed E-state index contributed by atoms with van der Waals surface area (Å²) >= 11 is 1.43. The third-order valence-corrected chi connectivity index (χ3v) is 5.03. The Hall–Kier alpha value is -2.92. The van der Waals surface area contributed by atoms with Gasteiger partial charge in [-0.15, -0.1) is 11.3 Å². The average molecular weight is 342 g/mol. The molecular formula is C16H12N3O4S-. The molecule has 0 saturated heterocycles. The minimum Gasteiger partial charge on any atom is -0.870 e. The predicted octanol–water partition coefficient (Wildman–Crippen LogP) is 2.85. The molecule has 0 radical (unpaired) electrons.